The van der Waals surface area contributed by atoms with Crippen molar-refractivity contribution in [1.82, 2.24) is 30.0 Å². The van der Waals surface area contributed by atoms with E-state index >= 15 is 0 Å². The van der Waals surface area contributed by atoms with Gasteiger partial charge >= 0.3 is 6.03 Å². The van der Waals surface area contributed by atoms with Crippen LogP contribution in [0.4, 0.5) is 16.2 Å². The fourth-order valence-corrected chi connectivity index (χ4v) is 4.57. The van der Waals surface area contributed by atoms with Crippen LogP contribution in [0.15, 0.2) is 48.8 Å². The van der Waals surface area contributed by atoms with Gasteiger partial charge in [-0.25, -0.2) is 9.48 Å². The van der Waals surface area contributed by atoms with Gasteiger partial charge in [-0.3, -0.25) is 9.59 Å². The van der Waals surface area contributed by atoms with Gasteiger partial charge in [0.15, 0.2) is 0 Å². The molecule has 1 aliphatic heterocycles. The average molecular weight is 581 g/mol. The van der Waals surface area contributed by atoms with E-state index in [-0.39, 0.29) is 49.9 Å². The first-order valence-electron chi connectivity index (χ1n) is 13.5. The minimum Gasteiger partial charge on any atom is -0.497 e. The van der Waals surface area contributed by atoms with Crippen molar-refractivity contribution in [3.05, 3.63) is 54.4 Å². The summed E-state index contributed by atoms with van der Waals surface area (Å²) in [6.07, 6.45) is 0.849. The Morgan fingerprint density at radius 2 is 1.93 bits per heavy atom. The van der Waals surface area contributed by atoms with Crippen molar-refractivity contribution in [3.8, 4) is 11.5 Å². The molecule has 0 unspecified atom stereocenters. The molecule has 0 bridgehead atoms. The molecule has 1 aliphatic rings. The molecule has 224 valence electrons. The summed E-state index contributed by atoms with van der Waals surface area (Å²) in [6.45, 7) is 4.00. The number of ether oxygens (including phenoxy) is 2. The second-order valence-corrected chi connectivity index (χ2v) is 10.3. The Morgan fingerprint density at radius 3 is 2.60 bits per heavy atom. The van der Waals surface area contributed by atoms with Gasteiger partial charge in [-0.15, -0.1) is 5.10 Å². The van der Waals surface area contributed by atoms with Crippen molar-refractivity contribution in [1.29, 1.82) is 0 Å². The lowest BCUT2D eigenvalue weighted by Gasteiger charge is -2.34. The molecule has 3 aromatic rings. The predicted octanol–water partition coefficient (Wildman–Crippen LogP) is 1.63. The van der Waals surface area contributed by atoms with Gasteiger partial charge in [-0.05, 0) is 59.8 Å². The SMILES string of the molecule is COc1ccc(NC(=O)N(C)C[C@@H]2Oc3ccc(NC(=O)Cn4cnnn4)cc3CC(=O)N([C@@H](C)CO)C[C@@H]2C)cc1. The van der Waals surface area contributed by atoms with Crippen molar-refractivity contribution >= 4 is 29.2 Å². The van der Waals surface area contributed by atoms with Crippen LogP contribution >= 0.6 is 0 Å². The molecule has 0 saturated heterocycles. The first-order chi connectivity index (χ1) is 20.2. The molecule has 3 N–H and O–H groups in total. The quantitative estimate of drug-likeness (QED) is 0.341. The molecule has 4 rings (SSSR count). The number of fused-ring (bicyclic) bond motifs is 1. The number of hydrogen-bond acceptors (Lipinski definition) is 9. The van der Waals surface area contributed by atoms with E-state index in [4.69, 9.17) is 9.47 Å². The number of urea groups is 1. The fraction of sp³-hybridized carbons (Fsp3) is 0.429. The van der Waals surface area contributed by atoms with Crippen molar-refractivity contribution in [2.24, 2.45) is 5.92 Å². The number of rotatable bonds is 9. The van der Waals surface area contributed by atoms with E-state index in [1.165, 1.54) is 15.9 Å². The van der Waals surface area contributed by atoms with E-state index in [1.54, 1.807) is 68.4 Å². The van der Waals surface area contributed by atoms with Crippen LogP contribution in [0.3, 0.4) is 0 Å². The Labute approximate surface area is 243 Å². The van der Waals surface area contributed by atoms with Gasteiger partial charge in [0.2, 0.25) is 11.8 Å². The van der Waals surface area contributed by atoms with Gasteiger partial charge in [0.05, 0.1) is 32.7 Å². The molecule has 4 amide bonds. The number of hydrogen-bond donors (Lipinski definition) is 3. The maximum absolute atomic E-state index is 13.4. The van der Waals surface area contributed by atoms with E-state index in [0.29, 0.717) is 35.0 Å². The van der Waals surface area contributed by atoms with Crippen LogP contribution in [0.1, 0.15) is 19.4 Å². The summed E-state index contributed by atoms with van der Waals surface area (Å²) in [5, 5.41) is 26.3. The second-order valence-electron chi connectivity index (χ2n) is 10.3. The molecule has 3 atom stereocenters. The van der Waals surface area contributed by atoms with Crippen LogP contribution in [-0.2, 0) is 22.6 Å². The third kappa shape index (κ3) is 7.72. The highest BCUT2D eigenvalue weighted by Gasteiger charge is 2.32. The number of nitrogens with zero attached hydrogens (tertiary/aromatic N) is 6. The molecule has 0 saturated carbocycles. The molecule has 2 aromatic carbocycles. The van der Waals surface area contributed by atoms with Crippen LogP contribution in [0.2, 0.25) is 0 Å². The average Bonchev–Trinajstić information content (AvgIpc) is 3.49. The van der Waals surface area contributed by atoms with E-state index in [2.05, 4.69) is 26.2 Å². The summed E-state index contributed by atoms with van der Waals surface area (Å²) in [6, 6.07) is 11.4. The molecule has 0 radical (unpaired) electrons. The summed E-state index contributed by atoms with van der Waals surface area (Å²) in [5.74, 6) is 0.432. The maximum Gasteiger partial charge on any atom is 0.321 e. The molecular formula is C28H36N8O6. The highest BCUT2D eigenvalue weighted by molar-refractivity contribution is 5.91. The highest BCUT2D eigenvalue weighted by atomic mass is 16.5. The first-order valence-corrected chi connectivity index (χ1v) is 13.5. The fourth-order valence-electron chi connectivity index (χ4n) is 4.57. The van der Waals surface area contributed by atoms with Gasteiger partial charge in [0, 0.05) is 36.4 Å². The molecule has 14 heteroatoms. The van der Waals surface area contributed by atoms with Crippen LogP contribution < -0.4 is 20.1 Å². The van der Waals surface area contributed by atoms with E-state index in [0.717, 1.165) is 0 Å². The normalized spacial score (nSPS) is 17.5. The number of benzene rings is 2. The predicted molar refractivity (Wildman–Crippen MR) is 153 cm³/mol. The second kappa shape index (κ2) is 13.8. The summed E-state index contributed by atoms with van der Waals surface area (Å²) in [7, 11) is 3.24. The Balaban J connectivity index is 1.54. The Hall–Kier alpha value is -4.72. The van der Waals surface area contributed by atoms with Crippen molar-refractivity contribution in [3.63, 3.8) is 0 Å². The lowest BCUT2D eigenvalue weighted by atomic mass is 10.0. The smallest absolute Gasteiger partial charge is 0.321 e. The van der Waals surface area contributed by atoms with Gasteiger partial charge in [-0.2, -0.15) is 0 Å². The molecule has 0 spiro atoms. The van der Waals surface area contributed by atoms with E-state index < -0.39 is 12.1 Å². The molecular weight excluding hydrogens is 544 g/mol. The number of carbonyl (C=O) groups excluding carboxylic acids is 3. The standard InChI is InChI=1S/C28H36N8O6/c1-18-13-36(19(2)16-37)27(39)12-20-11-22(30-26(38)15-35-17-29-32-33-35)7-10-24(20)42-25(18)14-34(3)28(40)31-21-5-8-23(41-4)9-6-21/h5-11,17-19,25,37H,12-16H2,1-4H3,(H,30,38)(H,31,40)/t18-,19-,25-/m0/s1. The third-order valence-corrected chi connectivity index (χ3v) is 7.04. The zero-order valence-electron chi connectivity index (χ0n) is 24.1. The van der Waals surface area contributed by atoms with Crippen molar-refractivity contribution < 1.29 is 29.0 Å². The minimum absolute atomic E-state index is 0.00359. The van der Waals surface area contributed by atoms with E-state index in [1.807, 2.05) is 6.92 Å². The highest BCUT2D eigenvalue weighted by Crippen LogP contribution is 2.29. The number of nitrogens with one attached hydrogen (secondary N) is 2. The number of amides is 4. The zero-order valence-corrected chi connectivity index (χ0v) is 24.1. The van der Waals surface area contributed by atoms with Gasteiger partial charge < -0.3 is 35.0 Å². The molecule has 1 aromatic heterocycles. The third-order valence-electron chi connectivity index (χ3n) is 7.04. The maximum atomic E-state index is 13.4. The van der Waals surface area contributed by atoms with Crippen LogP contribution in [-0.4, -0.2) is 99.0 Å². The Morgan fingerprint density at radius 1 is 1.19 bits per heavy atom. The lowest BCUT2D eigenvalue weighted by Crippen LogP contribution is -2.48. The summed E-state index contributed by atoms with van der Waals surface area (Å²) in [4.78, 5) is 42.1. The number of aliphatic hydroxyl groups is 1. The largest absolute Gasteiger partial charge is 0.497 e. The number of anilines is 2. The number of methoxy groups -OCH3 is 1. The van der Waals surface area contributed by atoms with Crippen LogP contribution in [0.25, 0.3) is 0 Å². The van der Waals surface area contributed by atoms with Gasteiger partial charge in [0.1, 0.15) is 30.5 Å². The molecule has 0 aliphatic carbocycles. The first kappa shape index (κ1) is 30.2. The molecule has 14 nitrogen and oxygen atoms in total. The number of aromatic nitrogens is 4. The topological polar surface area (TPSA) is 164 Å². The number of aliphatic hydroxyl groups excluding tert-OH is 1. The number of tetrazole rings is 1. The lowest BCUT2D eigenvalue weighted by molar-refractivity contribution is -0.134. The molecule has 0 fully saturated rings. The number of carbonyl (C=O) groups is 3. The van der Waals surface area contributed by atoms with Crippen molar-refractivity contribution in [2.45, 2.75) is 39.0 Å². The summed E-state index contributed by atoms with van der Waals surface area (Å²) in [5.41, 5.74) is 1.66. The molecule has 2 heterocycles. The minimum atomic E-state index is -0.491. The van der Waals surface area contributed by atoms with Crippen molar-refractivity contribution in [2.75, 3.05) is 44.5 Å². The number of likely N-dealkylation sites (N-methyl/N-ethyl adjacent to an activating group) is 1. The van der Waals surface area contributed by atoms with Crippen LogP contribution in [0, 0.1) is 5.92 Å². The Bertz CT molecular complexity index is 1370. The van der Waals surface area contributed by atoms with Gasteiger partial charge in [-0.1, -0.05) is 6.92 Å². The monoisotopic (exact) mass is 580 g/mol. The van der Waals surface area contributed by atoms with E-state index in [9.17, 15) is 19.5 Å². The summed E-state index contributed by atoms with van der Waals surface area (Å²) >= 11 is 0. The van der Waals surface area contributed by atoms with Gasteiger partial charge in [0.25, 0.3) is 0 Å². The molecule has 42 heavy (non-hydrogen) atoms. The van der Waals surface area contributed by atoms with Crippen LogP contribution in [0.5, 0.6) is 11.5 Å². The summed E-state index contributed by atoms with van der Waals surface area (Å²) < 4.78 is 12.9. The Kier molecular flexibility index (Phi) is 9.91. The zero-order chi connectivity index (χ0) is 30.2.